The molecule has 2 aromatic rings. The first-order valence-electron chi connectivity index (χ1n) is 9.85. The number of benzene rings is 2. The van der Waals surface area contributed by atoms with Crippen molar-refractivity contribution in [3.63, 3.8) is 0 Å². The van der Waals surface area contributed by atoms with Gasteiger partial charge in [-0.2, -0.15) is 5.26 Å². The highest BCUT2D eigenvalue weighted by molar-refractivity contribution is 6.07. The van der Waals surface area contributed by atoms with Gasteiger partial charge < -0.3 is 0 Å². The molecular formula is C27H27N. The molecule has 0 saturated carbocycles. The van der Waals surface area contributed by atoms with E-state index in [2.05, 4.69) is 88.4 Å². The quantitative estimate of drug-likeness (QED) is 0.555. The molecule has 0 bridgehead atoms. The maximum absolute atomic E-state index is 9.17. The van der Waals surface area contributed by atoms with Gasteiger partial charge in [0.25, 0.3) is 0 Å². The molecule has 1 heteroatoms. The Hall–Kier alpha value is -3.11. The van der Waals surface area contributed by atoms with Crippen LogP contribution in [0.3, 0.4) is 0 Å². The van der Waals surface area contributed by atoms with Crippen LogP contribution < -0.4 is 0 Å². The third-order valence-corrected chi connectivity index (χ3v) is 5.37. The Kier molecular flexibility index (Phi) is 6.12. The molecule has 0 aliphatic heterocycles. The minimum atomic E-state index is 0.689. The van der Waals surface area contributed by atoms with Crippen molar-refractivity contribution < 1.29 is 0 Å². The van der Waals surface area contributed by atoms with E-state index in [1.165, 1.54) is 39.0 Å². The van der Waals surface area contributed by atoms with Gasteiger partial charge in [0.1, 0.15) is 0 Å². The van der Waals surface area contributed by atoms with Crippen molar-refractivity contribution in [2.45, 2.75) is 40.5 Å². The normalized spacial score (nSPS) is 22.3. The molecule has 1 aliphatic rings. The molecule has 2 aromatic carbocycles. The monoisotopic (exact) mass is 365 g/mol. The van der Waals surface area contributed by atoms with E-state index in [1.54, 1.807) is 0 Å². The van der Waals surface area contributed by atoms with Gasteiger partial charge in [0.05, 0.1) is 11.6 Å². The predicted molar refractivity (Wildman–Crippen MR) is 120 cm³/mol. The van der Waals surface area contributed by atoms with Crippen LogP contribution in [0.2, 0.25) is 0 Å². The Morgan fingerprint density at radius 1 is 0.857 bits per heavy atom. The molecular weight excluding hydrogens is 338 g/mol. The molecule has 28 heavy (non-hydrogen) atoms. The molecule has 1 aliphatic carbocycles. The average molecular weight is 366 g/mol. The lowest BCUT2D eigenvalue weighted by atomic mass is 9.83. The Balaban J connectivity index is 2.25. The molecule has 0 radical (unpaired) electrons. The average Bonchev–Trinajstić information content (AvgIpc) is 2.71. The van der Waals surface area contributed by atoms with Gasteiger partial charge >= 0.3 is 0 Å². The van der Waals surface area contributed by atoms with E-state index in [4.69, 9.17) is 5.26 Å². The zero-order valence-electron chi connectivity index (χ0n) is 17.2. The topological polar surface area (TPSA) is 23.8 Å². The zero-order valence-corrected chi connectivity index (χ0v) is 17.2. The van der Waals surface area contributed by atoms with Crippen LogP contribution in [-0.2, 0) is 0 Å². The zero-order chi connectivity index (χ0) is 20.1. The Bertz CT molecular complexity index is 1020. The van der Waals surface area contributed by atoms with Crippen LogP contribution in [0, 0.1) is 18.3 Å². The molecule has 1 nitrogen and oxygen atoms in total. The maximum Gasteiger partial charge on any atom is 0.0991 e. The highest BCUT2D eigenvalue weighted by atomic mass is 14.2. The van der Waals surface area contributed by atoms with Crippen molar-refractivity contribution in [3.8, 4) is 6.07 Å². The van der Waals surface area contributed by atoms with Crippen LogP contribution in [0.1, 0.15) is 55.9 Å². The number of nitriles is 1. The van der Waals surface area contributed by atoms with E-state index in [0.29, 0.717) is 5.56 Å². The number of hydrogen-bond donors (Lipinski definition) is 0. The first-order valence-corrected chi connectivity index (χ1v) is 9.85. The lowest BCUT2D eigenvalue weighted by molar-refractivity contribution is 0.936. The van der Waals surface area contributed by atoms with Gasteiger partial charge in [0.2, 0.25) is 0 Å². The summed E-state index contributed by atoms with van der Waals surface area (Å²) in [6, 6.07) is 19.0. The molecule has 0 unspecified atom stereocenters. The van der Waals surface area contributed by atoms with Crippen molar-refractivity contribution in [2.75, 3.05) is 0 Å². The molecule has 0 saturated heterocycles. The third-order valence-electron chi connectivity index (χ3n) is 5.37. The van der Waals surface area contributed by atoms with E-state index in [-0.39, 0.29) is 0 Å². The van der Waals surface area contributed by atoms with Gasteiger partial charge in [-0.1, -0.05) is 65.8 Å². The fraction of sp³-hybridized carbons (Fsp3) is 0.222. The number of allylic oxidation sites excluding steroid dienone is 8. The molecule has 0 spiro atoms. The smallest absolute Gasteiger partial charge is 0.0991 e. The summed E-state index contributed by atoms with van der Waals surface area (Å²) in [6.45, 7) is 8.65. The highest BCUT2D eigenvalue weighted by Gasteiger charge is 2.17. The van der Waals surface area contributed by atoms with Gasteiger partial charge in [-0.25, -0.2) is 0 Å². The molecule has 0 heterocycles. The van der Waals surface area contributed by atoms with Crippen molar-refractivity contribution in [1.29, 1.82) is 5.26 Å². The second-order valence-corrected chi connectivity index (χ2v) is 7.48. The molecule has 0 N–H and O–H groups in total. The van der Waals surface area contributed by atoms with Gasteiger partial charge in [0.15, 0.2) is 0 Å². The van der Waals surface area contributed by atoms with E-state index in [9.17, 15) is 0 Å². The van der Waals surface area contributed by atoms with Crippen molar-refractivity contribution in [1.82, 2.24) is 0 Å². The Labute approximate surface area is 169 Å². The van der Waals surface area contributed by atoms with E-state index in [0.717, 1.165) is 18.4 Å². The van der Waals surface area contributed by atoms with E-state index in [1.807, 2.05) is 12.1 Å². The molecule has 3 rings (SSSR count). The molecule has 0 amide bonds. The van der Waals surface area contributed by atoms with Gasteiger partial charge in [0, 0.05) is 0 Å². The summed E-state index contributed by atoms with van der Waals surface area (Å²) in [4.78, 5) is 0. The fourth-order valence-corrected chi connectivity index (χ4v) is 3.75. The summed E-state index contributed by atoms with van der Waals surface area (Å²) < 4.78 is 0. The van der Waals surface area contributed by atoms with Gasteiger partial charge in [-0.05, 0) is 86.1 Å². The standard InChI is InChI=1S/C27H27N/c1-5-6-23-14-9-20(3)27(25-12-7-19(2)8-13-25)26(17-21(23)4)24-15-10-22(18-28)11-16-24/h5-8,10-13,15-17H,9,14H2,1-4H3/b6-5-,23-21-,26-17-,27-20-. The number of hydrogen-bond acceptors (Lipinski definition) is 1. The number of rotatable bonds is 3. The SMILES string of the molecule is C\C=C/C1=C(C)/C=C(c2ccc(C#N)cc2)\C(c2ccc(C)cc2)=C(\C)CC1. The second kappa shape index (κ2) is 8.72. The second-order valence-electron chi connectivity index (χ2n) is 7.48. The number of nitrogens with zero attached hydrogens (tertiary/aromatic N) is 1. The highest BCUT2D eigenvalue weighted by Crippen LogP contribution is 2.39. The van der Waals surface area contributed by atoms with E-state index < -0.39 is 0 Å². The largest absolute Gasteiger partial charge is 0.192 e. The van der Waals surface area contributed by atoms with Crippen LogP contribution in [0.5, 0.6) is 0 Å². The lowest BCUT2D eigenvalue weighted by Gasteiger charge is -2.21. The summed E-state index contributed by atoms with van der Waals surface area (Å²) in [5, 5.41) is 9.17. The summed E-state index contributed by atoms with van der Waals surface area (Å²) in [5.41, 5.74) is 11.0. The lowest BCUT2D eigenvalue weighted by Crippen LogP contribution is -2.00. The molecule has 0 aromatic heterocycles. The Morgan fingerprint density at radius 3 is 2.11 bits per heavy atom. The first-order chi connectivity index (χ1) is 13.5. The van der Waals surface area contributed by atoms with Crippen LogP contribution >= 0.6 is 0 Å². The first kappa shape index (κ1) is 19.6. The fourth-order valence-electron chi connectivity index (χ4n) is 3.75. The summed E-state index contributed by atoms with van der Waals surface area (Å²) in [7, 11) is 0. The third kappa shape index (κ3) is 4.24. The summed E-state index contributed by atoms with van der Waals surface area (Å²) in [6.07, 6.45) is 8.75. The van der Waals surface area contributed by atoms with Crippen LogP contribution in [0.15, 0.2) is 83.5 Å². The Morgan fingerprint density at radius 2 is 1.50 bits per heavy atom. The minimum absolute atomic E-state index is 0.689. The molecule has 0 atom stereocenters. The molecule has 140 valence electrons. The van der Waals surface area contributed by atoms with Crippen molar-refractivity contribution >= 4 is 11.1 Å². The maximum atomic E-state index is 9.17. The predicted octanol–water partition coefficient (Wildman–Crippen LogP) is 7.41. The van der Waals surface area contributed by atoms with Crippen molar-refractivity contribution in [3.05, 3.63) is 106 Å². The van der Waals surface area contributed by atoms with Gasteiger partial charge in [-0.3, -0.25) is 0 Å². The van der Waals surface area contributed by atoms with Crippen molar-refractivity contribution in [2.24, 2.45) is 0 Å². The van der Waals surface area contributed by atoms with E-state index >= 15 is 0 Å². The minimum Gasteiger partial charge on any atom is -0.192 e. The number of aryl methyl sites for hydroxylation is 1. The van der Waals surface area contributed by atoms with Crippen LogP contribution in [0.25, 0.3) is 11.1 Å². The summed E-state index contributed by atoms with van der Waals surface area (Å²) in [5.74, 6) is 0. The van der Waals surface area contributed by atoms with Crippen LogP contribution in [-0.4, -0.2) is 0 Å². The van der Waals surface area contributed by atoms with Gasteiger partial charge in [-0.15, -0.1) is 0 Å². The van der Waals surface area contributed by atoms with Crippen LogP contribution in [0.4, 0.5) is 0 Å². The molecule has 0 fully saturated rings. The summed E-state index contributed by atoms with van der Waals surface area (Å²) >= 11 is 0.